The number of para-hydroxylation sites is 1. The highest BCUT2D eigenvalue weighted by atomic mass is 35.5. The molecule has 8 heteroatoms. The standard InChI is InChI=1S/C13H15F3N2O2.ClH/c14-13(15,16)8-20-10-4-2-1-3-9(10)7-18-11(19)12(17)5-6-12;/h1-4H,5-8,17H2,(H,18,19);1H. The fourth-order valence-corrected chi connectivity index (χ4v) is 1.66. The maximum absolute atomic E-state index is 12.1. The van der Waals surface area contributed by atoms with Gasteiger partial charge in [0.2, 0.25) is 5.91 Å². The number of halogens is 4. The summed E-state index contributed by atoms with van der Waals surface area (Å²) in [6, 6.07) is 6.27. The second kappa shape index (κ2) is 6.53. The van der Waals surface area contributed by atoms with Gasteiger partial charge in [-0.3, -0.25) is 4.79 Å². The van der Waals surface area contributed by atoms with Crippen LogP contribution >= 0.6 is 12.4 Å². The predicted molar refractivity (Wildman–Crippen MR) is 73.2 cm³/mol. The summed E-state index contributed by atoms with van der Waals surface area (Å²) < 4.78 is 41.1. The minimum absolute atomic E-state index is 0. The highest BCUT2D eigenvalue weighted by Gasteiger charge is 2.45. The van der Waals surface area contributed by atoms with Gasteiger partial charge in [0, 0.05) is 12.1 Å². The summed E-state index contributed by atoms with van der Waals surface area (Å²) in [6.45, 7) is -1.27. The molecule has 21 heavy (non-hydrogen) atoms. The molecule has 0 atom stereocenters. The molecule has 0 bridgehead atoms. The summed E-state index contributed by atoms with van der Waals surface area (Å²) in [7, 11) is 0. The number of carbonyl (C=O) groups excluding carboxylic acids is 1. The van der Waals surface area contributed by atoms with Crippen LogP contribution in [0.15, 0.2) is 24.3 Å². The Balaban J connectivity index is 0.00000220. The van der Waals surface area contributed by atoms with Gasteiger partial charge in [-0.25, -0.2) is 0 Å². The minimum Gasteiger partial charge on any atom is -0.484 e. The van der Waals surface area contributed by atoms with Crippen LogP contribution < -0.4 is 15.8 Å². The van der Waals surface area contributed by atoms with Gasteiger partial charge in [0.1, 0.15) is 5.75 Å². The van der Waals surface area contributed by atoms with Gasteiger partial charge in [0.15, 0.2) is 6.61 Å². The zero-order valence-corrected chi connectivity index (χ0v) is 11.9. The monoisotopic (exact) mass is 324 g/mol. The summed E-state index contributed by atoms with van der Waals surface area (Å²) in [5.41, 5.74) is 5.39. The number of nitrogens with one attached hydrogen (secondary N) is 1. The van der Waals surface area contributed by atoms with Gasteiger partial charge in [0.05, 0.1) is 5.54 Å². The van der Waals surface area contributed by atoms with Crippen molar-refractivity contribution in [2.45, 2.75) is 31.1 Å². The summed E-state index contributed by atoms with van der Waals surface area (Å²) in [4.78, 5) is 11.7. The van der Waals surface area contributed by atoms with Gasteiger partial charge in [0.25, 0.3) is 0 Å². The maximum atomic E-state index is 12.1. The average Bonchev–Trinajstić information content (AvgIpc) is 3.13. The van der Waals surface area contributed by atoms with Crippen molar-refractivity contribution in [3.63, 3.8) is 0 Å². The van der Waals surface area contributed by atoms with E-state index in [0.717, 1.165) is 0 Å². The van der Waals surface area contributed by atoms with Crippen molar-refractivity contribution in [2.75, 3.05) is 6.61 Å². The zero-order chi connectivity index (χ0) is 14.8. The molecule has 0 aromatic heterocycles. The Morgan fingerprint density at radius 3 is 2.52 bits per heavy atom. The lowest BCUT2D eigenvalue weighted by Gasteiger charge is -2.14. The maximum Gasteiger partial charge on any atom is 0.422 e. The third-order valence-corrected chi connectivity index (χ3v) is 3.04. The molecule has 0 radical (unpaired) electrons. The Labute approximate surface area is 126 Å². The molecule has 1 aromatic rings. The van der Waals surface area contributed by atoms with E-state index >= 15 is 0 Å². The number of carbonyl (C=O) groups is 1. The molecular weight excluding hydrogens is 309 g/mol. The Morgan fingerprint density at radius 2 is 1.95 bits per heavy atom. The van der Waals surface area contributed by atoms with Crippen LogP contribution in [0.5, 0.6) is 5.75 Å². The molecule has 4 nitrogen and oxygen atoms in total. The van der Waals surface area contributed by atoms with E-state index in [1.165, 1.54) is 6.07 Å². The number of rotatable bonds is 5. The van der Waals surface area contributed by atoms with E-state index in [1.807, 2.05) is 0 Å². The first-order valence-electron chi connectivity index (χ1n) is 6.15. The summed E-state index contributed by atoms with van der Waals surface area (Å²) in [5, 5.41) is 2.61. The second-order valence-electron chi connectivity index (χ2n) is 4.85. The predicted octanol–water partition coefficient (Wildman–Crippen LogP) is 2.16. The highest BCUT2D eigenvalue weighted by molar-refractivity contribution is 5.88. The average molecular weight is 325 g/mol. The van der Waals surface area contributed by atoms with Crippen LogP contribution in [0.3, 0.4) is 0 Å². The van der Waals surface area contributed by atoms with Crippen molar-refractivity contribution in [1.82, 2.24) is 5.32 Å². The first-order chi connectivity index (χ1) is 9.30. The molecular formula is C13H16ClF3N2O2. The highest BCUT2D eigenvalue weighted by Crippen LogP contribution is 2.32. The van der Waals surface area contributed by atoms with Crippen molar-refractivity contribution < 1.29 is 22.7 Å². The molecule has 3 N–H and O–H groups in total. The fraction of sp³-hybridized carbons (Fsp3) is 0.462. The zero-order valence-electron chi connectivity index (χ0n) is 11.1. The first-order valence-corrected chi connectivity index (χ1v) is 6.15. The van der Waals surface area contributed by atoms with Gasteiger partial charge >= 0.3 is 6.18 Å². The summed E-state index contributed by atoms with van der Waals surface area (Å²) in [6.07, 6.45) is -3.14. The third-order valence-electron chi connectivity index (χ3n) is 3.04. The Hall–Kier alpha value is -1.47. The number of hydrogen-bond donors (Lipinski definition) is 2. The van der Waals surface area contributed by atoms with Crippen LogP contribution in [0, 0.1) is 0 Å². The molecule has 0 spiro atoms. The molecule has 1 saturated carbocycles. The normalized spacial score (nSPS) is 15.8. The topological polar surface area (TPSA) is 64.4 Å². The number of ether oxygens (including phenoxy) is 1. The van der Waals surface area contributed by atoms with Crippen LogP contribution in [0.25, 0.3) is 0 Å². The third kappa shape index (κ3) is 5.09. The van der Waals surface area contributed by atoms with Crippen LogP contribution in [0.4, 0.5) is 13.2 Å². The van der Waals surface area contributed by atoms with E-state index in [1.54, 1.807) is 18.2 Å². The molecule has 0 saturated heterocycles. The van der Waals surface area contributed by atoms with E-state index in [4.69, 9.17) is 10.5 Å². The van der Waals surface area contributed by atoms with Gasteiger partial charge in [-0.2, -0.15) is 13.2 Å². The lowest BCUT2D eigenvalue weighted by atomic mass is 10.2. The van der Waals surface area contributed by atoms with Crippen molar-refractivity contribution >= 4 is 18.3 Å². The minimum atomic E-state index is -4.40. The van der Waals surface area contributed by atoms with Crippen molar-refractivity contribution in [3.05, 3.63) is 29.8 Å². The Bertz CT molecular complexity index is 504. The molecule has 0 unspecified atom stereocenters. The SMILES string of the molecule is Cl.NC1(C(=O)NCc2ccccc2OCC(F)(F)F)CC1. The van der Waals surface area contributed by atoms with Crippen molar-refractivity contribution in [3.8, 4) is 5.75 Å². The molecule has 0 heterocycles. The van der Waals surface area contributed by atoms with Gasteiger partial charge in [-0.15, -0.1) is 12.4 Å². The lowest BCUT2D eigenvalue weighted by molar-refractivity contribution is -0.153. The molecule has 1 aliphatic carbocycles. The van der Waals surface area contributed by atoms with Crippen molar-refractivity contribution in [2.24, 2.45) is 5.73 Å². The summed E-state index contributed by atoms with van der Waals surface area (Å²) in [5.74, 6) is -0.185. The van der Waals surface area contributed by atoms with E-state index < -0.39 is 18.3 Å². The second-order valence-corrected chi connectivity index (χ2v) is 4.85. The number of alkyl halides is 3. The quantitative estimate of drug-likeness (QED) is 0.872. The van der Waals surface area contributed by atoms with Crippen molar-refractivity contribution in [1.29, 1.82) is 0 Å². The van der Waals surface area contributed by atoms with E-state index in [9.17, 15) is 18.0 Å². The van der Waals surface area contributed by atoms with Gasteiger partial charge in [-0.05, 0) is 18.9 Å². The fourth-order valence-electron chi connectivity index (χ4n) is 1.66. The molecule has 118 valence electrons. The van der Waals surface area contributed by atoms with E-state index in [-0.39, 0.29) is 30.6 Å². The lowest BCUT2D eigenvalue weighted by Crippen LogP contribution is -2.42. The number of hydrogen-bond acceptors (Lipinski definition) is 3. The molecule has 1 amide bonds. The van der Waals surface area contributed by atoms with Crippen LogP contribution in [-0.4, -0.2) is 24.2 Å². The smallest absolute Gasteiger partial charge is 0.422 e. The first kappa shape index (κ1) is 17.6. The largest absolute Gasteiger partial charge is 0.484 e. The van der Waals surface area contributed by atoms with Gasteiger partial charge in [-0.1, -0.05) is 18.2 Å². The molecule has 2 rings (SSSR count). The molecule has 0 aliphatic heterocycles. The van der Waals surface area contributed by atoms with E-state index in [0.29, 0.717) is 18.4 Å². The Morgan fingerprint density at radius 1 is 1.33 bits per heavy atom. The molecule has 1 fully saturated rings. The molecule has 1 aromatic carbocycles. The van der Waals surface area contributed by atoms with E-state index in [2.05, 4.69) is 5.32 Å². The number of amides is 1. The van der Waals surface area contributed by atoms with Crippen LogP contribution in [0.2, 0.25) is 0 Å². The Kier molecular flexibility index (Phi) is 5.47. The van der Waals surface area contributed by atoms with Crippen LogP contribution in [0.1, 0.15) is 18.4 Å². The number of nitrogens with two attached hydrogens (primary N) is 1. The number of benzene rings is 1. The van der Waals surface area contributed by atoms with Gasteiger partial charge < -0.3 is 15.8 Å². The molecule has 1 aliphatic rings. The van der Waals surface area contributed by atoms with Crippen LogP contribution in [-0.2, 0) is 11.3 Å². The summed E-state index contributed by atoms with van der Waals surface area (Å²) >= 11 is 0.